The molecular weight excluding hydrogens is 436 g/mol. The molecule has 1 amide bonds. The first-order valence-electron chi connectivity index (χ1n) is 7.57. The van der Waals surface area contributed by atoms with E-state index in [0.717, 1.165) is 21.8 Å². The highest BCUT2D eigenvalue weighted by molar-refractivity contribution is 9.11. The molecule has 1 rings (SSSR count). The van der Waals surface area contributed by atoms with E-state index in [1.54, 1.807) is 12.3 Å². The van der Waals surface area contributed by atoms with Gasteiger partial charge in [0.1, 0.15) is 5.75 Å². The van der Waals surface area contributed by atoms with Gasteiger partial charge in [0.2, 0.25) is 0 Å². The number of amides is 1. The summed E-state index contributed by atoms with van der Waals surface area (Å²) in [5, 5.41) is 3.89. The zero-order valence-electron chi connectivity index (χ0n) is 14.1. The summed E-state index contributed by atoms with van der Waals surface area (Å²) in [4.78, 5) is 11.7. The molecule has 0 atom stereocenters. The van der Waals surface area contributed by atoms with Crippen molar-refractivity contribution in [3.05, 3.63) is 50.4 Å². The molecule has 0 aliphatic carbocycles. The summed E-state index contributed by atoms with van der Waals surface area (Å²) in [6.07, 6.45) is 7.68. The van der Waals surface area contributed by atoms with Crippen LogP contribution < -0.4 is 10.2 Å². The quantitative estimate of drug-likeness (QED) is 0.323. The second kappa shape index (κ2) is 11.2. The van der Waals surface area contributed by atoms with Crippen molar-refractivity contribution in [3.63, 3.8) is 0 Å². The number of hydrogen-bond donors (Lipinski definition) is 1. The van der Waals surface area contributed by atoms with Crippen LogP contribution in [-0.4, -0.2) is 18.7 Å². The van der Waals surface area contributed by atoms with E-state index in [1.807, 2.05) is 25.1 Å². The third-order valence-corrected chi connectivity index (χ3v) is 4.08. The van der Waals surface area contributed by atoms with Gasteiger partial charge in [0.05, 0.1) is 4.47 Å². The van der Waals surface area contributed by atoms with Crippen LogP contribution in [0.1, 0.15) is 33.6 Å². The van der Waals surface area contributed by atoms with Crippen molar-refractivity contribution in [2.75, 3.05) is 6.61 Å². The molecule has 130 valence electrons. The predicted molar refractivity (Wildman–Crippen MR) is 106 cm³/mol. The Morgan fingerprint density at radius 3 is 2.71 bits per heavy atom. The molecule has 0 radical (unpaired) electrons. The van der Waals surface area contributed by atoms with Crippen LogP contribution in [0.5, 0.6) is 5.75 Å². The SMILES string of the molecule is CC(C)=CCC/C(C)=C/C=N/NC(=O)COc1ccc(Br)cc1Br. The number of hydrazone groups is 1. The zero-order chi connectivity index (χ0) is 17.9. The van der Waals surface area contributed by atoms with Crippen LogP contribution in [0.3, 0.4) is 0 Å². The van der Waals surface area contributed by atoms with Gasteiger partial charge in [-0.15, -0.1) is 0 Å². The number of benzene rings is 1. The first-order valence-corrected chi connectivity index (χ1v) is 9.16. The van der Waals surface area contributed by atoms with Gasteiger partial charge in [0.25, 0.3) is 5.91 Å². The van der Waals surface area contributed by atoms with Crippen molar-refractivity contribution >= 4 is 44.0 Å². The van der Waals surface area contributed by atoms with Crippen molar-refractivity contribution in [2.45, 2.75) is 33.6 Å². The fourth-order valence-corrected chi connectivity index (χ4v) is 2.87. The number of carbonyl (C=O) groups excluding carboxylic acids is 1. The average Bonchev–Trinajstić information content (AvgIpc) is 2.50. The van der Waals surface area contributed by atoms with Crippen LogP contribution in [0.25, 0.3) is 0 Å². The summed E-state index contributed by atoms with van der Waals surface area (Å²) < 4.78 is 7.15. The highest BCUT2D eigenvalue weighted by Gasteiger charge is 2.05. The number of hydrogen-bond acceptors (Lipinski definition) is 3. The van der Waals surface area contributed by atoms with E-state index in [0.29, 0.717) is 5.75 Å². The minimum atomic E-state index is -0.309. The summed E-state index contributed by atoms with van der Waals surface area (Å²) in [5.74, 6) is 0.295. The molecule has 0 bridgehead atoms. The fraction of sp³-hybridized carbons (Fsp3) is 0.333. The van der Waals surface area contributed by atoms with Crippen molar-refractivity contribution in [1.29, 1.82) is 0 Å². The molecular formula is C18H22Br2N2O2. The summed E-state index contributed by atoms with van der Waals surface area (Å²) in [6.45, 7) is 6.12. The number of ether oxygens (including phenoxy) is 1. The summed E-state index contributed by atoms with van der Waals surface area (Å²) in [7, 11) is 0. The van der Waals surface area contributed by atoms with E-state index >= 15 is 0 Å². The third-order valence-electron chi connectivity index (χ3n) is 2.97. The van der Waals surface area contributed by atoms with E-state index in [9.17, 15) is 4.79 Å². The first kappa shape index (κ1) is 20.6. The molecule has 0 aromatic heterocycles. The van der Waals surface area contributed by atoms with Crippen LogP contribution in [0, 0.1) is 0 Å². The van der Waals surface area contributed by atoms with E-state index < -0.39 is 0 Å². The molecule has 24 heavy (non-hydrogen) atoms. The second-order valence-electron chi connectivity index (χ2n) is 5.51. The molecule has 1 N–H and O–H groups in total. The smallest absolute Gasteiger partial charge is 0.277 e. The summed E-state index contributed by atoms with van der Waals surface area (Å²) in [5.41, 5.74) is 4.97. The van der Waals surface area contributed by atoms with E-state index in [4.69, 9.17) is 4.74 Å². The monoisotopic (exact) mass is 456 g/mol. The Hall–Kier alpha value is -1.40. The maximum Gasteiger partial charge on any atom is 0.277 e. The lowest BCUT2D eigenvalue weighted by Crippen LogP contribution is -2.24. The average molecular weight is 458 g/mol. The number of carbonyl (C=O) groups is 1. The predicted octanol–water partition coefficient (Wildman–Crippen LogP) is 5.39. The molecule has 0 aliphatic heterocycles. The van der Waals surface area contributed by atoms with Crippen LogP contribution in [-0.2, 0) is 4.79 Å². The molecule has 0 saturated heterocycles. The molecule has 1 aromatic carbocycles. The minimum Gasteiger partial charge on any atom is -0.483 e. The molecule has 1 aromatic rings. The van der Waals surface area contributed by atoms with Crippen molar-refractivity contribution in [3.8, 4) is 5.75 Å². The second-order valence-corrected chi connectivity index (χ2v) is 7.28. The zero-order valence-corrected chi connectivity index (χ0v) is 17.3. The third kappa shape index (κ3) is 9.03. The molecule has 0 unspecified atom stereocenters. The Morgan fingerprint density at radius 2 is 2.04 bits per heavy atom. The van der Waals surface area contributed by atoms with Crippen molar-refractivity contribution < 1.29 is 9.53 Å². The van der Waals surface area contributed by atoms with Gasteiger partial charge in [-0.3, -0.25) is 4.79 Å². The van der Waals surface area contributed by atoms with Gasteiger partial charge in [0, 0.05) is 10.7 Å². The highest BCUT2D eigenvalue weighted by Crippen LogP contribution is 2.27. The number of nitrogens with zero attached hydrogens (tertiary/aromatic N) is 1. The van der Waals surface area contributed by atoms with Gasteiger partial charge in [-0.25, -0.2) is 5.43 Å². The van der Waals surface area contributed by atoms with Crippen molar-refractivity contribution in [1.82, 2.24) is 5.43 Å². The number of halogens is 2. The molecule has 0 fully saturated rings. The Morgan fingerprint density at radius 1 is 1.29 bits per heavy atom. The van der Waals surface area contributed by atoms with Crippen LogP contribution in [0.15, 0.2) is 55.5 Å². The van der Waals surface area contributed by atoms with E-state index in [1.165, 1.54) is 11.1 Å². The first-order chi connectivity index (χ1) is 11.4. The van der Waals surface area contributed by atoms with Crippen LogP contribution >= 0.6 is 31.9 Å². The number of nitrogens with one attached hydrogen (secondary N) is 1. The van der Waals surface area contributed by atoms with E-state index in [2.05, 4.69) is 62.3 Å². The lowest BCUT2D eigenvalue weighted by molar-refractivity contribution is -0.123. The lowest BCUT2D eigenvalue weighted by atomic mass is 10.1. The molecule has 4 nitrogen and oxygen atoms in total. The largest absolute Gasteiger partial charge is 0.483 e. The topological polar surface area (TPSA) is 50.7 Å². The van der Waals surface area contributed by atoms with Gasteiger partial charge in [0.15, 0.2) is 6.61 Å². The number of rotatable bonds is 8. The van der Waals surface area contributed by atoms with Gasteiger partial charge < -0.3 is 4.74 Å². The fourth-order valence-electron chi connectivity index (χ4n) is 1.71. The maximum absolute atomic E-state index is 11.7. The molecule has 0 aliphatic rings. The lowest BCUT2D eigenvalue weighted by Gasteiger charge is -2.07. The Bertz CT molecular complexity index is 648. The Labute approximate surface area is 160 Å². The molecule has 0 spiro atoms. The standard InChI is InChI=1S/C18H22Br2N2O2/c1-13(2)5-4-6-14(3)9-10-21-22-18(23)12-24-17-8-7-15(19)11-16(17)20/h5,7-11H,4,6,12H2,1-3H3,(H,22,23)/b14-9+,21-10+. The maximum atomic E-state index is 11.7. The summed E-state index contributed by atoms with van der Waals surface area (Å²) >= 11 is 6.74. The summed E-state index contributed by atoms with van der Waals surface area (Å²) in [6, 6.07) is 5.48. The van der Waals surface area contributed by atoms with Gasteiger partial charge >= 0.3 is 0 Å². The van der Waals surface area contributed by atoms with Gasteiger partial charge in [-0.2, -0.15) is 5.10 Å². The number of allylic oxidation sites excluding steroid dienone is 4. The highest BCUT2D eigenvalue weighted by atomic mass is 79.9. The molecule has 6 heteroatoms. The van der Waals surface area contributed by atoms with Crippen LogP contribution in [0.4, 0.5) is 0 Å². The van der Waals surface area contributed by atoms with Crippen molar-refractivity contribution in [2.24, 2.45) is 5.10 Å². The Balaban J connectivity index is 2.33. The van der Waals surface area contributed by atoms with E-state index in [-0.39, 0.29) is 12.5 Å². The van der Waals surface area contributed by atoms with Gasteiger partial charge in [-0.05, 0) is 73.8 Å². The van der Waals surface area contributed by atoms with Gasteiger partial charge in [-0.1, -0.05) is 33.2 Å². The normalized spacial score (nSPS) is 11.5. The minimum absolute atomic E-state index is 0.0964. The van der Waals surface area contributed by atoms with Crippen LogP contribution in [0.2, 0.25) is 0 Å². The molecule has 0 saturated carbocycles. The Kier molecular flexibility index (Phi) is 9.64. The molecule has 0 heterocycles.